The molecule has 1 aromatic carbocycles. The molecular formula is C32H42N9O11S2+. The third-order valence-corrected chi connectivity index (χ3v) is 10.7. The number of hydroxylamine groups is 2. The second-order valence-electron chi connectivity index (χ2n) is 14.0. The van der Waals surface area contributed by atoms with Crippen LogP contribution in [0.5, 0.6) is 5.75 Å². The summed E-state index contributed by atoms with van der Waals surface area (Å²) in [5.41, 5.74) is 9.95. The summed E-state index contributed by atoms with van der Waals surface area (Å²) in [6, 6.07) is 4.23. The van der Waals surface area contributed by atoms with Gasteiger partial charge in [-0.05, 0) is 56.9 Å². The van der Waals surface area contributed by atoms with Gasteiger partial charge in [-0.3, -0.25) is 14.1 Å². The van der Waals surface area contributed by atoms with Gasteiger partial charge in [0.25, 0.3) is 17.4 Å². The molecule has 0 aliphatic carbocycles. The highest BCUT2D eigenvalue weighted by Gasteiger charge is 2.58. The van der Waals surface area contributed by atoms with E-state index in [0.717, 1.165) is 47.7 Å². The minimum atomic E-state index is -5.04. The van der Waals surface area contributed by atoms with Crippen LogP contribution >= 0.6 is 11.3 Å². The standard InChI is InChI=1S/C32H41N9O11S2/c1-31(2)26(28(44)41(31)52-54(47,48)49)37-27(43)25(22-16-53-30(34)36-22)38-51-32(3,29(45)46)24-7-5-19-8-18(4-6-23(19)50-24)20-13-39(12-17-10-35-11-17)40(14-20)15-21(42)9-33/h4,6,8,13-14,16-17,21,24,26,35,42H,5,7,9-12,15,33H2,1-3H3,(H4-,34,36,37,43,45,46,47,48,49)/p+1/b38-25-. The third-order valence-electron chi connectivity index (χ3n) is 9.69. The number of aliphatic hydroxyl groups is 1. The first-order chi connectivity index (χ1) is 25.4. The van der Waals surface area contributed by atoms with E-state index >= 15 is 0 Å². The molecular weight excluding hydrogens is 751 g/mol. The highest BCUT2D eigenvalue weighted by Crippen LogP contribution is 2.37. The summed E-state index contributed by atoms with van der Waals surface area (Å²) in [7, 11) is -5.04. The number of carbonyl (C=O) groups excluding carboxylic acids is 2. The number of oxime groups is 1. The van der Waals surface area contributed by atoms with E-state index in [2.05, 4.69) is 29.7 Å². The fourth-order valence-corrected chi connectivity index (χ4v) is 7.35. The number of β-lactam (4-membered cyclic amide) rings is 1. The molecule has 6 rings (SSSR count). The van der Waals surface area contributed by atoms with E-state index in [1.54, 1.807) is 6.07 Å². The molecule has 22 heteroatoms. The van der Waals surface area contributed by atoms with Gasteiger partial charge in [0.05, 0.1) is 23.8 Å². The van der Waals surface area contributed by atoms with E-state index in [0.29, 0.717) is 29.7 Å². The predicted molar refractivity (Wildman–Crippen MR) is 190 cm³/mol. The number of hydrogen-bond acceptors (Lipinski definition) is 15. The number of carbonyl (C=O) groups is 3. The Balaban J connectivity index is 1.21. The van der Waals surface area contributed by atoms with E-state index in [-0.39, 0.29) is 23.8 Å². The number of nitrogen functional groups attached to an aromatic ring is 1. The minimum Gasteiger partial charge on any atom is -0.485 e. The molecule has 0 saturated carbocycles. The van der Waals surface area contributed by atoms with Gasteiger partial charge in [0.15, 0.2) is 23.5 Å². The number of nitrogens with two attached hydrogens (primary N) is 2. The van der Waals surface area contributed by atoms with Crippen molar-refractivity contribution in [2.45, 2.75) is 76.1 Å². The lowest BCUT2D eigenvalue weighted by molar-refractivity contribution is -0.780. The molecule has 3 aliphatic heterocycles. The number of thiazole rings is 1. The fourth-order valence-electron chi connectivity index (χ4n) is 6.35. The molecule has 2 amide bonds. The van der Waals surface area contributed by atoms with Crippen LogP contribution in [0.1, 0.15) is 38.4 Å². The van der Waals surface area contributed by atoms with Crippen LogP contribution in [0.15, 0.2) is 41.1 Å². The van der Waals surface area contributed by atoms with Crippen LogP contribution in [-0.2, 0) is 53.4 Å². The minimum absolute atomic E-state index is 0.0565. The molecule has 3 aliphatic rings. The van der Waals surface area contributed by atoms with Crippen molar-refractivity contribution in [3.05, 3.63) is 47.2 Å². The Labute approximate surface area is 313 Å². The summed E-state index contributed by atoms with van der Waals surface area (Å²) >= 11 is 0.965. The number of rotatable bonds is 15. The summed E-state index contributed by atoms with van der Waals surface area (Å²) in [6.07, 6.45) is 2.83. The summed E-state index contributed by atoms with van der Waals surface area (Å²) in [5, 5.41) is 32.1. The molecule has 20 nitrogen and oxygen atoms in total. The number of benzene rings is 1. The second kappa shape index (κ2) is 14.8. The van der Waals surface area contributed by atoms with Crippen molar-refractivity contribution >= 4 is 50.4 Å². The lowest BCUT2D eigenvalue weighted by atomic mass is 9.84. The molecule has 0 bridgehead atoms. The number of amides is 2. The topological polar surface area (TPSA) is 287 Å². The largest absolute Gasteiger partial charge is 0.485 e. The van der Waals surface area contributed by atoms with Gasteiger partial charge in [0, 0.05) is 30.9 Å². The molecule has 54 heavy (non-hydrogen) atoms. The molecule has 2 aromatic heterocycles. The highest BCUT2D eigenvalue weighted by molar-refractivity contribution is 7.80. The number of fused-ring (bicyclic) bond motifs is 1. The van der Waals surface area contributed by atoms with Gasteiger partial charge in [-0.25, -0.2) is 9.78 Å². The second-order valence-corrected chi connectivity index (χ2v) is 15.9. The molecule has 4 atom stereocenters. The Bertz CT molecular complexity index is 2060. The monoisotopic (exact) mass is 792 g/mol. The number of hydrogen-bond donors (Lipinski definition) is 7. The SMILES string of the molecule is CC(O/N=C(\C(=O)NC1C(=O)N(OS(=O)(=O)O)C1(C)C)c1csc(N)n1)(C(=O)O)C1CCc2cc(-c3cn(CC4CNC4)[n+](CC(O)CN)c3)ccc2O1. The van der Waals surface area contributed by atoms with Crippen LogP contribution in [0.25, 0.3) is 11.1 Å². The fraction of sp³-hybridized carbons (Fsp3) is 0.500. The van der Waals surface area contributed by atoms with Crippen molar-refractivity contribution in [1.29, 1.82) is 0 Å². The van der Waals surface area contributed by atoms with Crippen LogP contribution < -0.4 is 31.5 Å². The average molecular weight is 793 g/mol. The zero-order valence-corrected chi connectivity index (χ0v) is 31.2. The van der Waals surface area contributed by atoms with Crippen molar-refractivity contribution in [1.82, 2.24) is 25.4 Å². The van der Waals surface area contributed by atoms with Gasteiger partial charge in [0.2, 0.25) is 6.20 Å². The van der Waals surface area contributed by atoms with E-state index in [1.807, 2.05) is 29.2 Å². The van der Waals surface area contributed by atoms with E-state index < -0.39 is 63.3 Å². The molecule has 2 fully saturated rings. The summed E-state index contributed by atoms with van der Waals surface area (Å²) in [6.45, 7) is 7.07. The Kier molecular flexibility index (Phi) is 10.7. The van der Waals surface area contributed by atoms with Crippen molar-refractivity contribution in [3.63, 3.8) is 0 Å². The van der Waals surface area contributed by atoms with Gasteiger partial charge in [-0.15, -0.1) is 20.3 Å². The Hall–Kier alpha value is -4.71. The van der Waals surface area contributed by atoms with Gasteiger partial charge in [0.1, 0.15) is 23.6 Å². The molecule has 2 saturated heterocycles. The highest BCUT2D eigenvalue weighted by atomic mass is 32.3. The lowest BCUT2D eigenvalue weighted by Gasteiger charge is -2.50. The maximum Gasteiger partial charge on any atom is 0.418 e. The van der Waals surface area contributed by atoms with Gasteiger partial charge < -0.3 is 41.9 Å². The number of ether oxygens (including phenoxy) is 1. The van der Waals surface area contributed by atoms with E-state index in [9.17, 15) is 33.0 Å². The molecule has 292 valence electrons. The van der Waals surface area contributed by atoms with Crippen LogP contribution in [0.2, 0.25) is 0 Å². The number of carboxylic acids is 1. The first-order valence-corrected chi connectivity index (χ1v) is 19.2. The quantitative estimate of drug-likeness (QED) is 0.0314. The number of nitrogens with zero attached hydrogens (tertiary/aromatic N) is 5. The number of aliphatic hydroxyl groups excluding tert-OH is 1. The van der Waals surface area contributed by atoms with Crippen molar-refractivity contribution < 1.29 is 56.1 Å². The molecule has 4 unspecified atom stereocenters. The number of carboxylic acid groups (broad SMARTS) is 1. The zero-order valence-electron chi connectivity index (χ0n) is 29.5. The summed E-state index contributed by atoms with van der Waals surface area (Å²) in [4.78, 5) is 48.7. The van der Waals surface area contributed by atoms with Crippen LogP contribution in [0.3, 0.4) is 0 Å². The summed E-state index contributed by atoms with van der Waals surface area (Å²) in [5.74, 6) is -2.54. The van der Waals surface area contributed by atoms with Crippen molar-refractivity contribution in [2.75, 3.05) is 25.4 Å². The van der Waals surface area contributed by atoms with E-state index in [1.165, 1.54) is 26.2 Å². The maximum atomic E-state index is 13.5. The molecule has 9 N–H and O–H groups in total. The molecule has 3 aromatic rings. The zero-order chi connectivity index (χ0) is 39.2. The third kappa shape index (κ3) is 7.90. The number of nitrogens with one attached hydrogen (secondary N) is 2. The normalized spacial score (nSPS) is 21.6. The van der Waals surface area contributed by atoms with Gasteiger partial charge in [-0.1, -0.05) is 11.2 Å². The van der Waals surface area contributed by atoms with Crippen LogP contribution in [0, 0.1) is 5.92 Å². The Morgan fingerprint density at radius 2 is 2.06 bits per heavy atom. The maximum absolute atomic E-state index is 13.5. The predicted octanol–water partition coefficient (Wildman–Crippen LogP) is -1.18. The van der Waals surface area contributed by atoms with Crippen LogP contribution in [0.4, 0.5) is 5.13 Å². The summed E-state index contributed by atoms with van der Waals surface area (Å²) < 4.78 is 46.0. The Morgan fingerprint density at radius 1 is 1.31 bits per heavy atom. The Morgan fingerprint density at radius 3 is 2.65 bits per heavy atom. The first kappa shape index (κ1) is 39.0. The average Bonchev–Trinajstić information content (AvgIpc) is 3.71. The first-order valence-electron chi connectivity index (χ1n) is 16.9. The van der Waals surface area contributed by atoms with Crippen LogP contribution in [-0.4, -0.2) is 110 Å². The molecule has 5 heterocycles. The number of aromatic nitrogens is 3. The lowest BCUT2D eigenvalue weighted by Crippen LogP contribution is -2.76. The number of anilines is 1. The van der Waals surface area contributed by atoms with Crippen molar-refractivity contribution in [3.8, 4) is 16.9 Å². The van der Waals surface area contributed by atoms with Crippen molar-refractivity contribution in [2.24, 2.45) is 16.8 Å². The molecule has 0 radical (unpaired) electrons. The molecule has 0 spiro atoms. The smallest absolute Gasteiger partial charge is 0.418 e. The number of aliphatic carboxylic acids is 1. The number of aryl methyl sites for hydroxylation is 1. The van der Waals surface area contributed by atoms with Gasteiger partial charge >= 0.3 is 16.4 Å². The van der Waals surface area contributed by atoms with Gasteiger partial charge in [-0.2, -0.15) is 18.2 Å². The van der Waals surface area contributed by atoms with E-state index in [4.69, 9.17) is 25.6 Å².